The fourth-order valence-corrected chi connectivity index (χ4v) is 6.30. The maximum atomic E-state index is 13.4. The van der Waals surface area contributed by atoms with Crippen LogP contribution in [0, 0.1) is 0 Å². The van der Waals surface area contributed by atoms with Crippen LogP contribution in [0.4, 0.5) is 0 Å². The lowest BCUT2D eigenvalue weighted by Gasteiger charge is -2.27. The Labute approximate surface area is 202 Å². The van der Waals surface area contributed by atoms with Crippen molar-refractivity contribution in [2.24, 2.45) is 0 Å². The Morgan fingerprint density at radius 1 is 1.15 bits per heavy atom. The molecule has 2 fully saturated rings. The van der Waals surface area contributed by atoms with E-state index in [1.54, 1.807) is 24.5 Å². The fraction of sp³-hybridized carbons (Fsp3) is 0.500. The summed E-state index contributed by atoms with van der Waals surface area (Å²) in [5, 5.41) is 0.270. The molecule has 34 heavy (non-hydrogen) atoms. The summed E-state index contributed by atoms with van der Waals surface area (Å²) in [6.07, 6.45) is 2.42. The van der Waals surface area contributed by atoms with Gasteiger partial charge in [-0.3, -0.25) is 4.79 Å². The van der Waals surface area contributed by atoms with Crippen molar-refractivity contribution >= 4 is 27.4 Å². The highest BCUT2D eigenvalue weighted by molar-refractivity contribution is 7.90. The number of halogens is 1. The molecule has 2 aliphatic heterocycles. The van der Waals surface area contributed by atoms with E-state index in [4.69, 9.17) is 25.8 Å². The molecule has 8 nitrogen and oxygen atoms in total. The first kappa shape index (κ1) is 23.4. The third-order valence-electron chi connectivity index (χ3n) is 6.22. The van der Waals surface area contributed by atoms with Crippen LogP contribution in [0.5, 0.6) is 5.75 Å². The van der Waals surface area contributed by atoms with E-state index >= 15 is 0 Å². The third-order valence-corrected chi connectivity index (χ3v) is 8.21. The highest BCUT2D eigenvalue weighted by Crippen LogP contribution is 2.46. The first-order valence-corrected chi connectivity index (χ1v) is 13.5. The number of carbonyl (C=O) groups excluding carboxylic acids is 1. The number of nitrogens with zero attached hydrogens (tertiary/aromatic N) is 1. The maximum Gasteiger partial charge on any atom is 0.344 e. The zero-order valence-corrected chi connectivity index (χ0v) is 20.6. The summed E-state index contributed by atoms with van der Waals surface area (Å²) in [7, 11) is -3.77. The van der Waals surface area contributed by atoms with E-state index in [0.29, 0.717) is 48.6 Å². The fourth-order valence-electron chi connectivity index (χ4n) is 4.53. The number of aromatic nitrogens is 1. The van der Waals surface area contributed by atoms with Crippen molar-refractivity contribution in [1.82, 2.24) is 4.57 Å². The molecule has 182 valence electrons. The van der Waals surface area contributed by atoms with E-state index in [2.05, 4.69) is 0 Å². The number of esters is 1. The van der Waals surface area contributed by atoms with Crippen LogP contribution in [-0.2, 0) is 25.1 Å². The summed E-state index contributed by atoms with van der Waals surface area (Å²) in [6.45, 7) is 4.54. The van der Waals surface area contributed by atoms with E-state index < -0.39 is 27.5 Å². The molecule has 1 saturated heterocycles. The normalized spacial score (nSPS) is 19.4. The number of benzene rings is 1. The van der Waals surface area contributed by atoms with Gasteiger partial charge in [-0.2, -0.15) is 0 Å². The number of ether oxygens (including phenoxy) is 3. The Kier molecular flexibility index (Phi) is 5.98. The van der Waals surface area contributed by atoms with Crippen LogP contribution in [0.15, 0.2) is 27.9 Å². The second-order valence-corrected chi connectivity index (χ2v) is 11.6. The van der Waals surface area contributed by atoms with Gasteiger partial charge in [0.05, 0.1) is 40.7 Å². The minimum Gasteiger partial charge on any atom is -0.489 e. The predicted octanol–water partition coefficient (Wildman–Crippen LogP) is 3.91. The molecule has 0 N–H and O–H groups in total. The number of carbonyl (C=O) groups is 1. The van der Waals surface area contributed by atoms with Crippen LogP contribution in [0.2, 0.25) is 5.02 Å². The molecule has 10 heteroatoms. The Hall–Kier alpha value is -2.36. The van der Waals surface area contributed by atoms with Crippen LogP contribution in [-0.4, -0.2) is 44.4 Å². The molecule has 0 spiro atoms. The molecule has 3 heterocycles. The van der Waals surface area contributed by atoms with Crippen molar-refractivity contribution in [3.63, 3.8) is 0 Å². The van der Waals surface area contributed by atoms with E-state index in [1.807, 2.05) is 0 Å². The molecule has 0 radical (unpaired) electrons. The highest BCUT2D eigenvalue weighted by atomic mass is 35.5. The number of sulfone groups is 1. The minimum atomic E-state index is -3.77. The van der Waals surface area contributed by atoms with Gasteiger partial charge in [-0.15, -0.1) is 0 Å². The zero-order chi connectivity index (χ0) is 24.2. The zero-order valence-electron chi connectivity index (χ0n) is 19.0. The Bertz CT molecular complexity index is 1320. The molecular weight excluding hydrogens is 482 g/mol. The van der Waals surface area contributed by atoms with Crippen molar-refractivity contribution < 1.29 is 27.4 Å². The van der Waals surface area contributed by atoms with Gasteiger partial charge in [-0.05, 0) is 44.4 Å². The molecule has 1 aromatic heterocycles. The summed E-state index contributed by atoms with van der Waals surface area (Å²) in [6, 6.07) is 4.29. The van der Waals surface area contributed by atoms with Crippen molar-refractivity contribution in [3.8, 4) is 17.0 Å². The summed E-state index contributed by atoms with van der Waals surface area (Å²) in [4.78, 5) is 26.1. The number of hydrogen-bond donors (Lipinski definition) is 0. The summed E-state index contributed by atoms with van der Waals surface area (Å²) in [5.41, 5.74) is 0.625. The van der Waals surface area contributed by atoms with Gasteiger partial charge in [0, 0.05) is 30.5 Å². The van der Waals surface area contributed by atoms with Crippen LogP contribution >= 0.6 is 11.6 Å². The van der Waals surface area contributed by atoms with Gasteiger partial charge < -0.3 is 18.8 Å². The Morgan fingerprint density at radius 2 is 1.85 bits per heavy atom. The van der Waals surface area contributed by atoms with Gasteiger partial charge >= 0.3 is 5.97 Å². The quantitative estimate of drug-likeness (QED) is 0.565. The van der Waals surface area contributed by atoms with E-state index in [0.717, 1.165) is 12.8 Å². The average molecular weight is 508 g/mol. The lowest BCUT2D eigenvalue weighted by Crippen LogP contribution is -2.32. The van der Waals surface area contributed by atoms with Crippen LogP contribution in [0.3, 0.4) is 0 Å². The molecule has 3 aliphatic rings. The second-order valence-electron chi connectivity index (χ2n) is 9.26. The van der Waals surface area contributed by atoms with Gasteiger partial charge in [0.1, 0.15) is 17.4 Å². The molecule has 5 rings (SSSR count). The number of hydrogen-bond acceptors (Lipinski definition) is 7. The third kappa shape index (κ3) is 4.25. The van der Waals surface area contributed by atoms with Gasteiger partial charge in [0.25, 0.3) is 5.56 Å². The smallest absolute Gasteiger partial charge is 0.344 e. The molecular formula is C24H26ClNO7S. The molecule has 0 bridgehead atoms. The second kappa shape index (κ2) is 8.70. The van der Waals surface area contributed by atoms with E-state index in [-0.39, 0.29) is 33.4 Å². The van der Waals surface area contributed by atoms with Crippen molar-refractivity contribution in [2.45, 2.75) is 68.4 Å². The molecule has 0 amide bonds. The molecule has 1 saturated carbocycles. The topological polar surface area (TPSA) is 101 Å². The molecule has 0 atom stereocenters. The Balaban J connectivity index is 1.66. The van der Waals surface area contributed by atoms with Gasteiger partial charge in [-0.25, -0.2) is 13.2 Å². The highest BCUT2D eigenvalue weighted by Gasteiger charge is 2.38. The largest absolute Gasteiger partial charge is 0.489 e. The summed E-state index contributed by atoms with van der Waals surface area (Å²) < 4.78 is 44.8. The Morgan fingerprint density at radius 3 is 2.50 bits per heavy atom. The van der Waals surface area contributed by atoms with Gasteiger partial charge in [0.2, 0.25) is 0 Å². The predicted molar refractivity (Wildman–Crippen MR) is 125 cm³/mol. The first-order chi connectivity index (χ1) is 16.2. The average Bonchev–Trinajstić information content (AvgIpc) is 3.60. The number of pyridine rings is 1. The van der Waals surface area contributed by atoms with Crippen LogP contribution < -0.4 is 10.3 Å². The van der Waals surface area contributed by atoms with Gasteiger partial charge in [-0.1, -0.05) is 11.6 Å². The van der Waals surface area contributed by atoms with E-state index in [9.17, 15) is 18.0 Å². The molecule has 0 unspecified atom stereocenters. The van der Waals surface area contributed by atoms with Crippen LogP contribution in [0.1, 0.15) is 61.5 Å². The van der Waals surface area contributed by atoms with Crippen LogP contribution in [0.25, 0.3) is 11.3 Å². The standard InChI is InChI=1S/C24H26ClNO7S/c1-13(2)32-24(28)18-9-14-12-34(29,30)21-11-20(33-16-5-7-31-8-6-16)19(25)10-17(21)22(14)26(23(18)27)15-3-4-15/h9-11,13,15-16H,3-8,12H2,1-2H3. The minimum absolute atomic E-state index is 0.0813. The number of fused-ring (bicyclic) bond motifs is 3. The lowest BCUT2D eigenvalue weighted by atomic mass is 10.0. The van der Waals surface area contributed by atoms with Crippen molar-refractivity contribution in [3.05, 3.63) is 44.7 Å². The SMILES string of the molecule is CC(C)OC(=O)c1cc2c(n(C3CC3)c1=O)-c1cc(Cl)c(OC3CCOCC3)cc1S(=O)(=O)C2. The van der Waals surface area contributed by atoms with E-state index in [1.165, 1.54) is 12.1 Å². The molecule has 1 aromatic carbocycles. The van der Waals surface area contributed by atoms with Gasteiger partial charge in [0.15, 0.2) is 9.84 Å². The lowest BCUT2D eigenvalue weighted by molar-refractivity contribution is 0.0255. The maximum absolute atomic E-state index is 13.4. The van der Waals surface area contributed by atoms with Crippen molar-refractivity contribution in [2.75, 3.05) is 13.2 Å². The number of rotatable bonds is 5. The monoisotopic (exact) mass is 507 g/mol. The first-order valence-electron chi connectivity index (χ1n) is 11.5. The summed E-state index contributed by atoms with van der Waals surface area (Å²) >= 11 is 6.55. The summed E-state index contributed by atoms with van der Waals surface area (Å²) in [5.74, 6) is -0.779. The van der Waals surface area contributed by atoms with Crippen molar-refractivity contribution in [1.29, 1.82) is 0 Å². The molecule has 1 aliphatic carbocycles. The molecule has 2 aromatic rings.